The molecular weight excluding hydrogens is 258 g/mol. The van der Waals surface area contributed by atoms with Gasteiger partial charge in [0.05, 0.1) is 12.2 Å². The maximum atomic E-state index is 8.79. The fraction of sp³-hybridized carbons (Fsp3) is 0.462. The average molecular weight is 273 g/mol. The zero-order valence-corrected chi connectivity index (χ0v) is 11.2. The molecule has 1 aliphatic rings. The Kier molecular flexibility index (Phi) is 3.50. The molecule has 0 aromatic carbocycles. The van der Waals surface area contributed by atoms with Gasteiger partial charge in [-0.05, 0) is 12.6 Å². The minimum Gasteiger partial charge on any atom is -0.367 e. The Bertz CT molecular complexity index is 627. The molecule has 1 saturated heterocycles. The monoisotopic (exact) mass is 273 g/mol. The number of nitrogens with zero attached hydrogens (tertiary/aromatic N) is 4. The van der Waals surface area contributed by atoms with Crippen molar-refractivity contribution in [2.24, 2.45) is 0 Å². The third kappa shape index (κ3) is 2.43. The van der Waals surface area contributed by atoms with E-state index in [1.165, 1.54) is 0 Å². The molecule has 0 amide bonds. The average Bonchev–Trinajstić information content (AvgIpc) is 3.15. The van der Waals surface area contributed by atoms with Gasteiger partial charge < -0.3 is 14.2 Å². The molecule has 0 spiro atoms. The Morgan fingerprint density at radius 1 is 1.60 bits per heavy atom. The van der Waals surface area contributed by atoms with Crippen LogP contribution in [-0.2, 0) is 4.74 Å². The lowest BCUT2D eigenvalue weighted by Crippen LogP contribution is -2.38. The van der Waals surface area contributed by atoms with Gasteiger partial charge in [-0.25, -0.2) is 0 Å². The molecule has 1 aliphatic heterocycles. The van der Waals surface area contributed by atoms with Gasteiger partial charge in [-0.3, -0.25) is 4.90 Å². The summed E-state index contributed by atoms with van der Waals surface area (Å²) >= 11 is 0. The zero-order valence-electron chi connectivity index (χ0n) is 11.2. The molecule has 1 unspecified atom stereocenters. The third-order valence-corrected chi connectivity index (χ3v) is 3.38. The largest absolute Gasteiger partial charge is 0.367 e. The van der Waals surface area contributed by atoms with E-state index in [9.17, 15) is 0 Å². The molecule has 2 aromatic rings. The minimum atomic E-state index is -0.157. The first kappa shape index (κ1) is 12.8. The summed E-state index contributed by atoms with van der Waals surface area (Å²) in [6.07, 6.45) is 1.52. The highest BCUT2D eigenvalue weighted by atomic mass is 16.5. The number of hydrogen-bond donors (Lipinski definition) is 1. The highest BCUT2D eigenvalue weighted by molar-refractivity contribution is 5.54. The molecule has 3 heterocycles. The van der Waals surface area contributed by atoms with Crippen LogP contribution in [-0.4, -0.2) is 46.3 Å². The van der Waals surface area contributed by atoms with Gasteiger partial charge in [-0.1, -0.05) is 12.1 Å². The topological polar surface area (TPSA) is 91.0 Å². The fourth-order valence-electron chi connectivity index (χ4n) is 2.21. The van der Waals surface area contributed by atoms with Crippen molar-refractivity contribution < 1.29 is 9.26 Å². The first-order valence-corrected chi connectivity index (χ1v) is 6.56. The summed E-state index contributed by atoms with van der Waals surface area (Å²) in [6.45, 7) is 5.47. The molecule has 2 aromatic heterocycles. The van der Waals surface area contributed by atoms with Crippen LogP contribution in [0.4, 0.5) is 0 Å². The van der Waals surface area contributed by atoms with Crippen LogP contribution in [0.2, 0.25) is 0 Å². The summed E-state index contributed by atoms with van der Waals surface area (Å²) < 4.78 is 10.9. The van der Waals surface area contributed by atoms with Crippen molar-refractivity contribution in [2.75, 3.05) is 26.2 Å². The van der Waals surface area contributed by atoms with E-state index in [0.717, 1.165) is 19.6 Å². The number of morpholine rings is 1. The SMILES string of the molecule is CCN1CCOC(c2noc(-c3c[nH]c(C#N)c3)n2)C1. The van der Waals surface area contributed by atoms with Crippen LogP contribution in [0.5, 0.6) is 0 Å². The van der Waals surface area contributed by atoms with E-state index in [0.29, 0.717) is 29.6 Å². The number of nitrogens with one attached hydrogen (secondary N) is 1. The number of H-pyrrole nitrogens is 1. The van der Waals surface area contributed by atoms with Gasteiger partial charge >= 0.3 is 0 Å². The lowest BCUT2D eigenvalue weighted by Gasteiger charge is -2.30. The lowest BCUT2D eigenvalue weighted by molar-refractivity contribution is -0.0334. The van der Waals surface area contributed by atoms with E-state index in [2.05, 4.69) is 26.9 Å². The number of rotatable bonds is 3. The molecule has 3 rings (SSSR count). The maximum Gasteiger partial charge on any atom is 0.259 e. The van der Waals surface area contributed by atoms with Crippen LogP contribution >= 0.6 is 0 Å². The van der Waals surface area contributed by atoms with Crippen LogP contribution in [0.15, 0.2) is 16.8 Å². The van der Waals surface area contributed by atoms with Crippen LogP contribution < -0.4 is 0 Å². The van der Waals surface area contributed by atoms with Crippen molar-refractivity contribution in [1.82, 2.24) is 20.0 Å². The second-order valence-corrected chi connectivity index (χ2v) is 4.62. The van der Waals surface area contributed by atoms with E-state index in [1.807, 2.05) is 6.07 Å². The number of likely N-dealkylation sites (N-methyl/N-ethyl adjacent to an activating group) is 1. The quantitative estimate of drug-likeness (QED) is 0.907. The molecule has 20 heavy (non-hydrogen) atoms. The molecule has 0 radical (unpaired) electrons. The summed E-state index contributed by atoms with van der Waals surface area (Å²) in [5.41, 5.74) is 1.18. The number of nitriles is 1. The number of aromatic amines is 1. The van der Waals surface area contributed by atoms with Gasteiger partial charge in [-0.2, -0.15) is 10.2 Å². The van der Waals surface area contributed by atoms with Gasteiger partial charge in [0.1, 0.15) is 17.9 Å². The van der Waals surface area contributed by atoms with Crippen molar-refractivity contribution in [3.8, 4) is 17.5 Å². The Hall–Kier alpha value is -2.17. The Balaban J connectivity index is 1.78. The Morgan fingerprint density at radius 3 is 3.25 bits per heavy atom. The first-order chi connectivity index (χ1) is 9.80. The third-order valence-electron chi connectivity index (χ3n) is 3.38. The standard InChI is InChI=1S/C13H15N5O2/c1-2-18-3-4-19-11(8-18)12-16-13(20-17-12)9-5-10(6-14)15-7-9/h5,7,11,15H,2-4,8H2,1H3. The van der Waals surface area contributed by atoms with Gasteiger partial charge in [0, 0.05) is 19.3 Å². The van der Waals surface area contributed by atoms with Crippen molar-refractivity contribution in [2.45, 2.75) is 13.0 Å². The van der Waals surface area contributed by atoms with Gasteiger partial charge in [0.15, 0.2) is 0 Å². The van der Waals surface area contributed by atoms with Crippen LogP contribution in [0, 0.1) is 11.3 Å². The predicted molar refractivity (Wildman–Crippen MR) is 69.6 cm³/mol. The molecule has 1 fully saturated rings. The van der Waals surface area contributed by atoms with Gasteiger partial charge in [0.25, 0.3) is 5.89 Å². The van der Waals surface area contributed by atoms with Crippen LogP contribution in [0.1, 0.15) is 24.5 Å². The van der Waals surface area contributed by atoms with Gasteiger partial charge in [-0.15, -0.1) is 0 Å². The van der Waals surface area contributed by atoms with Crippen molar-refractivity contribution in [3.05, 3.63) is 23.8 Å². The van der Waals surface area contributed by atoms with E-state index < -0.39 is 0 Å². The minimum absolute atomic E-state index is 0.157. The summed E-state index contributed by atoms with van der Waals surface area (Å²) in [7, 11) is 0. The van der Waals surface area contributed by atoms with Crippen molar-refractivity contribution >= 4 is 0 Å². The highest BCUT2D eigenvalue weighted by Gasteiger charge is 2.25. The van der Waals surface area contributed by atoms with Gasteiger partial charge in [0.2, 0.25) is 5.82 Å². The maximum absolute atomic E-state index is 8.79. The first-order valence-electron chi connectivity index (χ1n) is 6.56. The molecule has 104 valence electrons. The Labute approximate surface area is 116 Å². The molecule has 7 heteroatoms. The van der Waals surface area contributed by atoms with E-state index in [1.54, 1.807) is 12.3 Å². The van der Waals surface area contributed by atoms with E-state index >= 15 is 0 Å². The summed E-state index contributed by atoms with van der Waals surface area (Å²) in [6, 6.07) is 3.70. The predicted octanol–water partition coefficient (Wildman–Crippen LogP) is 1.33. The second kappa shape index (κ2) is 5.45. The van der Waals surface area contributed by atoms with Crippen molar-refractivity contribution in [3.63, 3.8) is 0 Å². The van der Waals surface area contributed by atoms with Crippen LogP contribution in [0.25, 0.3) is 11.5 Å². The lowest BCUT2D eigenvalue weighted by atomic mass is 10.2. The molecule has 0 aliphatic carbocycles. The second-order valence-electron chi connectivity index (χ2n) is 4.62. The van der Waals surface area contributed by atoms with Crippen LogP contribution in [0.3, 0.4) is 0 Å². The fourth-order valence-corrected chi connectivity index (χ4v) is 2.21. The summed E-state index contributed by atoms with van der Waals surface area (Å²) in [5.74, 6) is 0.952. The summed E-state index contributed by atoms with van der Waals surface area (Å²) in [5, 5.41) is 12.8. The van der Waals surface area contributed by atoms with E-state index in [4.69, 9.17) is 14.5 Å². The highest BCUT2D eigenvalue weighted by Crippen LogP contribution is 2.23. The molecule has 0 bridgehead atoms. The Morgan fingerprint density at radius 2 is 2.50 bits per heavy atom. The molecular formula is C13H15N5O2. The molecule has 0 saturated carbocycles. The number of hydrogen-bond acceptors (Lipinski definition) is 6. The smallest absolute Gasteiger partial charge is 0.259 e. The molecule has 7 nitrogen and oxygen atoms in total. The molecule has 1 N–H and O–H groups in total. The van der Waals surface area contributed by atoms with Crippen molar-refractivity contribution in [1.29, 1.82) is 5.26 Å². The summed E-state index contributed by atoms with van der Waals surface area (Å²) in [4.78, 5) is 9.48. The normalized spacial score (nSPS) is 19.9. The number of aromatic nitrogens is 3. The number of ether oxygens (including phenoxy) is 1. The van der Waals surface area contributed by atoms with E-state index in [-0.39, 0.29) is 6.10 Å². The molecule has 1 atom stereocenters. The zero-order chi connectivity index (χ0) is 13.9.